The zero-order valence-corrected chi connectivity index (χ0v) is 14.5. The third-order valence-corrected chi connectivity index (χ3v) is 4.57. The summed E-state index contributed by atoms with van der Waals surface area (Å²) in [5.41, 5.74) is 0.988. The molecule has 0 unspecified atom stereocenters. The first kappa shape index (κ1) is 20.8. The maximum atomic E-state index is 12.2. The molecule has 0 heterocycles. The lowest BCUT2D eigenvalue weighted by molar-refractivity contribution is -0.387. The number of hydrogen-bond acceptors (Lipinski definition) is 5. The summed E-state index contributed by atoms with van der Waals surface area (Å²) in [5.74, 6) is 0. The highest BCUT2D eigenvalue weighted by molar-refractivity contribution is 7.89. The molecule has 9 heteroatoms. The average molecular weight is 352 g/mol. The van der Waals surface area contributed by atoms with E-state index in [1.165, 1.54) is 12.1 Å². The Morgan fingerprint density at radius 2 is 1.73 bits per heavy atom. The quantitative estimate of drug-likeness (QED) is 0.423. The predicted octanol–water partition coefficient (Wildman–Crippen LogP) is 1.91. The van der Waals surface area contributed by atoms with Crippen LogP contribution in [0.15, 0.2) is 17.0 Å². The molecule has 2 N–H and O–H groups in total. The molecule has 0 radical (unpaired) electrons. The molecule has 0 fully saturated rings. The van der Waals surface area contributed by atoms with E-state index in [0.717, 1.165) is 13.0 Å². The molecule has 1 aromatic rings. The van der Waals surface area contributed by atoms with Crippen LogP contribution in [-0.4, -0.2) is 33.0 Å². The molecule has 1 aromatic carbocycles. The van der Waals surface area contributed by atoms with E-state index in [-0.39, 0.29) is 23.8 Å². The molecule has 22 heavy (non-hydrogen) atoms. The smallest absolute Gasteiger partial charge is 0.289 e. The molecule has 0 aliphatic carbocycles. The van der Waals surface area contributed by atoms with Gasteiger partial charge in [0.25, 0.3) is 5.69 Å². The number of nitro benzene ring substituents is 1. The third-order valence-electron chi connectivity index (χ3n) is 3.08. The van der Waals surface area contributed by atoms with Gasteiger partial charge in [-0.2, -0.15) is 0 Å². The first-order valence-electron chi connectivity index (χ1n) is 6.75. The van der Waals surface area contributed by atoms with Gasteiger partial charge in [-0.25, -0.2) is 13.1 Å². The van der Waals surface area contributed by atoms with E-state index in [1.54, 1.807) is 13.8 Å². The lowest BCUT2D eigenvalue weighted by Crippen LogP contribution is -2.32. The monoisotopic (exact) mass is 351 g/mol. The van der Waals surface area contributed by atoms with E-state index in [2.05, 4.69) is 10.0 Å². The zero-order valence-electron chi connectivity index (χ0n) is 12.9. The van der Waals surface area contributed by atoms with Crippen LogP contribution in [0, 0.1) is 24.0 Å². The van der Waals surface area contributed by atoms with Crippen molar-refractivity contribution in [3.63, 3.8) is 0 Å². The summed E-state index contributed by atoms with van der Waals surface area (Å²) in [7, 11) is -3.89. The van der Waals surface area contributed by atoms with E-state index in [4.69, 9.17) is 0 Å². The maximum Gasteiger partial charge on any atom is 0.289 e. The maximum absolute atomic E-state index is 12.2. The van der Waals surface area contributed by atoms with Crippen LogP contribution >= 0.6 is 12.4 Å². The molecule has 1 rings (SSSR count). The third kappa shape index (κ3) is 5.53. The highest BCUT2D eigenvalue weighted by Gasteiger charge is 2.26. The molecule has 0 saturated heterocycles. The fraction of sp³-hybridized carbons (Fsp3) is 0.538. The van der Waals surface area contributed by atoms with Crippen LogP contribution < -0.4 is 10.0 Å². The van der Waals surface area contributed by atoms with Crippen LogP contribution in [0.3, 0.4) is 0 Å². The van der Waals surface area contributed by atoms with Gasteiger partial charge in [0.15, 0.2) is 4.90 Å². The van der Waals surface area contributed by atoms with Crippen LogP contribution in [0.5, 0.6) is 0 Å². The molecule has 0 aliphatic heterocycles. The lowest BCUT2D eigenvalue weighted by Gasteiger charge is -2.10. The van der Waals surface area contributed by atoms with Crippen LogP contribution in [0.1, 0.15) is 24.5 Å². The van der Waals surface area contributed by atoms with Crippen LogP contribution in [-0.2, 0) is 10.0 Å². The molecule has 126 valence electrons. The fourth-order valence-corrected chi connectivity index (χ4v) is 3.05. The summed E-state index contributed by atoms with van der Waals surface area (Å²) in [4.78, 5) is 10.1. The Balaban J connectivity index is 0.00000441. The number of halogens is 1. The minimum atomic E-state index is -3.89. The van der Waals surface area contributed by atoms with Crippen molar-refractivity contribution in [2.75, 3.05) is 19.6 Å². The first-order valence-corrected chi connectivity index (χ1v) is 8.24. The van der Waals surface area contributed by atoms with Crippen molar-refractivity contribution in [1.29, 1.82) is 0 Å². The van der Waals surface area contributed by atoms with Gasteiger partial charge in [-0.3, -0.25) is 10.1 Å². The number of nitro groups is 1. The molecule has 0 aromatic heterocycles. The van der Waals surface area contributed by atoms with Crippen molar-refractivity contribution < 1.29 is 13.3 Å². The van der Waals surface area contributed by atoms with Gasteiger partial charge in [-0.05, 0) is 44.0 Å². The van der Waals surface area contributed by atoms with E-state index in [9.17, 15) is 18.5 Å². The molecule has 0 saturated carbocycles. The molecule has 0 aliphatic rings. The Morgan fingerprint density at radius 1 is 1.14 bits per heavy atom. The SMILES string of the molecule is CCCNCCNS(=O)(=O)c1cc(C)c(C)cc1[N+](=O)[O-].Cl. The molecular formula is C13H22ClN3O4S. The molecule has 7 nitrogen and oxygen atoms in total. The Kier molecular flexibility index (Phi) is 8.54. The number of nitrogens with zero attached hydrogens (tertiary/aromatic N) is 1. The van der Waals surface area contributed by atoms with Gasteiger partial charge in [-0.15, -0.1) is 12.4 Å². The second-order valence-electron chi connectivity index (χ2n) is 4.81. The van der Waals surface area contributed by atoms with Gasteiger partial charge in [0, 0.05) is 19.2 Å². The molecule has 0 spiro atoms. The second kappa shape index (κ2) is 9.04. The summed E-state index contributed by atoms with van der Waals surface area (Å²) >= 11 is 0. The van der Waals surface area contributed by atoms with Crippen molar-refractivity contribution in [3.05, 3.63) is 33.4 Å². The molecule has 0 amide bonds. The summed E-state index contributed by atoms with van der Waals surface area (Å²) in [6, 6.07) is 2.63. The van der Waals surface area contributed by atoms with E-state index in [1.807, 2.05) is 6.92 Å². The highest BCUT2D eigenvalue weighted by atomic mass is 35.5. The number of benzene rings is 1. The predicted molar refractivity (Wildman–Crippen MR) is 88.2 cm³/mol. The summed E-state index contributed by atoms with van der Waals surface area (Å²) in [6.45, 7) is 6.90. The Hall–Kier alpha value is -1.22. The van der Waals surface area contributed by atoms with Crippen molar-refractivity contribution in [1.82, 2.24) is 10.0 Å². The van der Waals surface area contributed by atoms with Crippen LogP contribution in [0.4, 0.5) is 5.69 Å². The average Bonchev–Trinajstić information content (AvgIpc) is 2.40. The largest absolute Gasteiger partial charge is 0.315 e. The zero-order chi connectivity index (χ0) is 16.0. The van der Waals surface area contributed by atoms with Crippen LogP contribution in [0.25, 0.3) is 0 Å². The molecule has 0 bridgehead atoms. The lowest BCUT2D eigenvalue weighted by atomic mass is 10.1. The number of rotatable bonds is 8. The number of hydrogen-bond donors (Lipinski definition) is 2. The van der Waals surface area contributed by atoms with Gasteiger partial charge >= 0.3 is 0 Å². The van der Waals surface area contributed by atoms with Crippen molar-refractivity contribution in [2.45, 2.75) is 32.1 Å². The van der Waals surface area contributed by atoms with E-state index >= 15 is 0 Å². The normalized spacial score (nSPS) is 11.0. The minimum absolute atomic E-state index is 0. The Morgan fingerprint density at radius 3 is 2.27 bits per heavy atom. The van der Waals surface area contributed by atoms with Gasteiger partial charge in [-0.1, -0.05) is 6.92 Å². The van der Waals surface area contributed by atoms with E-state index < -0.39 is 20.6 Å². The van der Waals surface area contributed by atoms with E-state index in [0.29, 0.717) is 17.7 Å². The topological polar surface area (TPSA) is 101 Å². The van der Waals surface area contributed by atoms with Gasteiger partial charge < -0.3 is 5.32 Å². The van der Waals surface area contributed by atoms with Crippen molar-refractivity contribution in [3.8, 4) is 0 Å². The standard InChI is InChI=1S/C13H21N3O4S.ClH/c1-4-5-14-6-7-15-21(19,20)13-9-11(3)10(2)8-12(13)16(17)18;/h8-9,14-15H,4-7H2,1-3H3;1H. The molecule has 0 atom stereocenters. The highest BCUT2D eigenvalue weighted by Crippen LogP contribution is 2.26. The fourth-order valence-electron chi connectivity index (χ4n) is 1.79. The summed E-state index contributed by atoms with van der Waals surface area (Å²) in [6.07, 6.45) is 0.954. The van der Waals surface area contributed by atoms with Crippen molar-refractivity contribution in [2.24, 2.45) is 0 Å². The van der Waals surface area contributed by atoms with Crippen molar-refractivity contribution >= 4 is 28.1 Å². The summed E-state index contributed by atoms with van der Waals surface area (Å²) < 4.78 is 26.8. The van der Waals surface area contributed by atoms with Gasteiger partial charge in [0.2, 0.25) is 10.0 Å². The first-order chi connectivity index (χ1) is 9.79. The van der Waals surface area contributed by atoms with Gasteiger partial charge in [0.1, 0.15) is 0 Å². The number of nitrogens with one attached hydrogen (secondary N) is 2. The second-order valence-corrected chi connectivity index (χ2v) is 6.54. The minimum Gasteiger partial charge on any atom is -0.315 e. The molecular weight excluding hydrogens is 330 g/mol. The number of aryl methyl sites for hydroxylation is 2. The summed E-state index contributed by atoms with van der Waals surface area (Å²) in [5, 5.41) is 14.1. The Bertz CT molecular complexity index is 620. The Labute approximate surface area is 137 Å². The van der Waals surface area contributed by atoms with Crippen LogP contribution in [0.2, 0.25) is 0 Å². The number of sulfonamides is 1. The van der Waals surface area contributed by atoms with Gasteiger partial charge in [0.05, 0.1) is 4.92 Å².